The minimum absolute atomic E-state index is 0.567. The predicted octanol–water partition coefficient (Wildman–Crippen LogP) is -0.592. The molecule has 0 amide bonds. The van der Waals surface area contributed by atoms with Gasteiger partial charge in [-0.1, -0.05) is 0 Å². The minimum Gasteiger partial charge on any atom is -0.476 e. The Morgan fingerprint density at radius 1 is 1.00 bits per heavy atom. The number of esters is 1. The van der Waals surface area contributed by atoms with Crippen molar-refractivity contribution in [3.05, 3.63) is 0 Å². The molecule has 74 valence electrons. The minimum atomic E-state index is -1.38. The van der Waals surface area contributed by atoms with Gasteiger partial charge >= 0.3 is 11.9 Å². The van der Waals surface area contributed by atoms with Crippen LogP contribution in [0.4, 0.5) is 0 Å². The van der Waals surface area contributed by atoms with Crippen molar-refractivity contribution in [2.75, 3.05) is 7.11 Å². The molecule has 0 aromatic heterocycles. The third-order valence-corrected chi connectivity index (χ3v) is 0.774. The van der Waals surface area contributed by atoms with Crippen molar-refractivity contribution in [1.82, 2.24) is 0 Å². The zero-order valence-electron chi connectivity index (χ0n) is 7.49. The zero-order valence-corrected chi connectivity index (χ0v) is 7.49. The fourth-order valence-electron chi connectivity index (χ4n) is 0.144. The third-order valence-electron chi connectivity index (χ3n) is 0.774. The normalized spacial score (nSPS) is 7.62. The number of carbonyl (C=O) groups excluding carboxylic acids is 3. The number of Topliss-reactive ketones (excluding diaryl/α,β-unsaturated/α-hetero) is 2. The molecule has 0 aliphatic carbocycles. The van der Waals surface area contributed by atoms with Gasteiger partial charge in [0.1, 0.15) is 0 Å². The molecule has 0 heterocycles. The van der Waals surface area contributed by atoms with E-state index in [2.05, 4.69) is 4.74 Å². The van der Waals surface area contributed by atoms with E-state index in [1.165, 1.54) is 7.11 Å². The van der Waals surface area contributed by atoms with Crippen LogP contribution >= 0.6 is 0 Å². The molecule has 0 rings (SSSR count). The van der Waals surface area contributed by atoms with E-state index in [1.807, 2.05) is 0 Å². The molecule has 0 radical (unpaired) electrons. The number of methoxy groups -OCH3 is 1. The molecular formula is C7H10O6. The second kappa shape index (κ2) is 6.96. The van der Waals surface area contributed by atoms with Crippen molar-refractivity contribution >= 4 is 23.5 Å². The molecule has 0 aliphatic rings. The van der Waals surface area contributed by atoms with Gasteiger partial charge in [0.15, 0.2) is 0 Å². The van der Waals surface area contributed by atoms with Crippen LogP contribution in [0.2, 0.25) is 0 Å². The molecule has 0 unspecified atom stereocenters. The van der Waals surface area contributed by atoms with Crippen molar-refractivity contribution in [1.29, 1.82) is 0 Å². The summed E-state index contributed by atoms with van der Waals surface area (Å²) in [5.74, 6) is -3.56. The summed E-state index contributed by atoms with van der Waals surface area (Å²) < 4.78 is 4.02. The van der Waals surface area contributed by atoms with Crippen molar-refractivity contribution in [3.63, 3.8) is 0 Å². The number of hydrogen-bond acceptors (Lipinski definition) is 5. The summed E-state index contributed by atoms with van der Waals surface area (Å²) in [6, 6.07) is 0. The van der Waals surface area contributed by atoms with Gasteiger partial charge in [-0.05, 0) is 0 Å². The van der Waals surface area contributed by atoms with Crippen LogP contribution in [0.25, 0.3) is 0 Å². The number of carboxylic acids is 1. The zero-order chi connectivity index (χ0) is 11.0. The maximum absolute atomic E-state index is 9.94. The van der Waals surface area contributed by atoms with Crippen LogP contribution in [-0.2, 0) is 23.9 Å². The topological polar surface area (TPSA) is 97.7 Å². The van der Waals surface area contributed by atoms with E-state index in [0.29, 0.717) is 0 Å². The second-order valence-electron chi connectivity index (χ2n) is 1.91. The van der Waals surface area contributed by atoms with E-state index in [4.69, 9.17) is 5.11 Å². The van der Waals surface area contributed by atoms with Crippen LogP contribution in [0.5, 0.6) is 0 Å². The molecule has 0 aromatic carbocycles. The summed E-state index contributed by atoms with van der Waals surface area (Å²) in [6.45, 7) is 2.16. The molecule has 0 bridgehead atoms. The molecule has 1 N–H and O–H groups in total. The van der Waals surface area contributed by atoms with Crippen LogP contribution in [0.3, 0.4) is 0 Å². The third kappa shape index (κ3) is 10.3. The summed E-state index contributed by atoms with van der Waals surface area (Å²) in [5, 5.41) is 7.64. The summed E-state index contributed by atoms with van der Waals surface area (Å²) in [6.07, 6.45) is 0. The highest BCUT2D eigenvalue weighted by atomic mass is 16.5. The molecule has 0 aromatic rings. The van der Waals surface area contributed by atoms with E-state index < -0.39 is 23.5 Å². The molecule has 0 atom stereocenters. The van der Waals surface area contributed by atoms with Gasteiger partial charge in [0, 0.05) is 13.8 Å². The van der Waals surface area contributed by atoms with E-state index in [9.17, 15) is 19.2 Å². The average molecular weight is 190 g/mol. The smallest absolute Gasteiger partial charge is 0.374 e. The molecule has 6 nitrogen and oxygen atoms in total. The van der Waals surface area contributed by atoms with Crippen LogP contribution < -0.4 is 0 Å². The Kier molecular flexibility index (Phi) is 7.41. The Labute approximate surface area is 74.5 Å². The highest BCUT2D eigenvalue weighted by Crippen LogP contribution is 1.71. The molecule has 0 aliphatic heterocycles. The molecule has 0 spiro atoms. The van der Waals surface area contributed by atoms with Crippen molar-refractivity contribution in [3.8, 4) is 0 Å². The lowest BCUT2D eigenvalue weighted by atomic mass is 10.5. The number of ketones is 2. The molecule has 0 fully saturated rings. The largest absolute Gasteiger partial charge is 0.476 e. The fraction of sp³-hybridized carbons (Fsp3) is 0.429. The predicted molar refractivity (Wildman–Crippen MR) is 41.0 cm³/mol. The Morgan fingerprint density at radius 2 is 1.31 bits per heavy atom. The van der Waals surface area contributed by atoms with Gasteiger partial charge in [-0.3, -0.25) is 9.59 Å². The van der Waals surface area contributed by atoms with Gasteiger partial charge in [0.25, 0.3) is 0 Å². The number of ether oxygens (including phenoxy) is 1. The van der Waals surface area contributed by atoms with Gasteiger partial charge in [0.05, 0.1) is 7.11 Å². The van der Waals surface area contributed by atoms with Crippen LogP contribution in [0.15, 0.2) is 0 Å². The van der Waals surface area contributed by atoms with Crippen LogP contribution in [0, 0.1) is 0 Å². The average Bonchev–Trinajstić information content (AvgIpc) is 2.03. The highest BCUT2D eigenvalue weighted by molar-refractivity contribution is 6.32. The lowest BCUT2D eigenvalue weighted by Crippen LogP contribution is -2.10. The first-order chi connectivity index (χ1) is 5.82. The Bertz CT molecular complexity index is 217. The summed E-state index contributed by atoms with van der Waals surface area (Å²) >= 11 is 0. The fourth-order valence-corrected chi connectivity index (χ4v) is 0.144. The van der Waals surface area contributed by atoms with Crippen LogP contribution in [0.1, 0.15) is 13.8 Å². The van der Waals surface area contributed by atoms with Gasteiger partial charge in [0.2, 0.25) is 11.6 Å². The number of carboxylic acid groups (broad SMARTS) is 1. The first kappa shape index (κ1) is 13.8. The van der Waals surface area contributed by atoms with Crippen LogP contribution in [-0.4, -0.2) is 35.7 Å². The molecule has 13 heavy (non-hydrogen) atoms. The monoisotopic (exact) mass is 190 g/mol. The molecule has 6 heteroatoms. The lowest BCUT2D eigenvalue weighted by molar-refractivity contribution is -0.150. The summed E-state index contributed by atoms with van der Waals surface area (Å²) in [5.41, 5.74) is 0. The van der Waals surface area contributed by atoms with Gasteiger partial charge < -0.3 is 9.84 Å². The number of rotatable bonds is 2. The second-order valence-corrected chi connectivity index (χ2v) is 1.91. The van der Waals surface area contributed by atoms with E-state index in [0.717, 1.165) is 13.8 Å². The number of hydrogen-bond donors (Lipinski definition) is 1. The maximum Gasteiger partial charge on any atom is 0.374 e. The van der Waals surface area contributed by atoms with Gasteiger partial charge in [-0.25, -0.2) is 9.59 Å². The maximum atomic E-state index is 9.94. The van der Waals surface area contributed by atoms with Gasteiger partial charge in [-0.2, -0.15) is 0 Å². The quantitative estimate of drug-likeness (QED) is 0.461. The van der Waals surface area contributed by atoms with E-state index >= 15 is 0 Å². The summed E-state index contributed by atoms with van der Waals surface area (Å²) in [7, 11) is 1.17. The molecule has 0 saturated carbocycles. The lowest BCUT2D eigenvalue weighted by Gasteiger charge is -1.86. The highest BCUT2D eigenvalue weighted by Gasteiger charge is 2.03. The van der Waals surface area contributed by atoms with Crippen molar-refractivity contribution in [2.24, 2.45) is 0 Å². The van der Waals surface area contributed by atoms with Crippen molar-refractivity contribution in [2.45, 2.75) is 13.8 Å². The first-order valence-corrected chi connectivity index (χ1v) is 3.15. The Hall–Kier alpha value is -1.72. The standard InChI is InChI=1S/C4H6O3.C3H4O3/c1-3(5)4(6)7-2;1-2(4)3(5)6/h1-2H3;1H3,(H,5,6). The van der Waals surface area contributed by atoms with E-state index in [-0.39, 0.29) is 0 Å². The SMILES string of the molecule is CC(=O)C(=O)O.COC(=O)C(C)=O. The van der Waals surface area contributed by atoms with Gasteiger partial charge in [-0.15, -0.1) is 0 Å². The molecule has 0 saturated heterocycles. The number of aliphatic carboxylic acids is 1. The Morgan fingerprint density at radius 3 is 1.31 bits per heavy atom. The number of carbonyl (C=O) groups is 4. The van der Waals surface area contributed by atoms with E-state index in [1.54, 1.807) is 0 Å². The van der Waals surface area contributed by atoms with Crippen molar-refractivity contribution < 1.29 is 29.0 Å². The summed E-state index contributed by atoms with van der Waals surface area (Å²) in [4.78, 5) is 38.7. The molecular weight excluding hydrogens is 180 g/mol. The first-order valence-electron chi connectivity index (χ1n) is 3.15. The Balaban J connectivity index is 0.